The molecule has 0 aliphatic heterocycles. The van der Waals surface area contributed by atoms with E-state index in [0.717, 1.165) is 13.0 Å². The molecule has 0 saturated heterocycles. The maximum absolute atomic E-state index is 11.0. The van der Waals surface area contributed by atoms with Gasteiger partial charge < -0.3 is 14.2 Å². The van der Waals surface area contributed by atoms with Gasteiger partial charge in [0.15, 0.2) is 0 Å². The highest BCUT2D eigenvalue weighted by molar-refractivity contribution is 5.94. The third-order valence-electron chi connectivity index (χ3n) is 1.87. The van der Waals surface area contributed by atoms with Crippen molar-refractivity contribution in [1.82, 2.24) is 0 Å². The number of Topliss-reactive ketones (excluding diaryl/α,β-unsaturated/α-hetero) is 1. The van der Waals surface area contributed by atoms with Crippen LogP contribution in [-0.2, 0) is 23.8 Å². The van der Waals surface area contributed by atoms with Crippen LogP contribution in [0.3, 0.4) is 0 Å². The highest BCUT2D eigenvalue weighted by Crippen LogP contribution is 1.92. The minimum atomic E-state index is -0.464. The number of ether oxygens (including phenoxy) is 3. The Bertz CT molecular complexity index is 215. The van der Waals surface area contributed by atoms with Crippen molar-refractivity contribution in [2.45, 2.75) is 33.1 Å². The van der Waals surface area contributed by atoms with E-state index in [4.69, 9.17) is 14.2 Å². The Morgan fingerprint density at radius 3 is 2.12 bits per heavy atom. The molecule has 0 bridgehead atoms. The summed E-state index contributed by atoms with van der Waals surface area (Å²) in [5, 5.41) is 0. The molecule has 5 heteroatoms. The van der Waals surface area contributed by atoms with Gasteiger partial charge in [-0.2, -0.15) is 0 Å². The predicted octanol–water partition coefficient (Wildman–Crippen LogP) is 1.34. The molecule has 0 aliphatic carbocycles. The third kappa shape index (κ3) is 13.0. The average molecular weight is 246 g/mol. The Kier molecular flexibility index (Phi) is 10.9. The van der Waals surface area contributed by atoms with Crippen molar-refractivity contribution < 1.29 is 23.8 Å². The molecule has 0 heterocycles. The first-order valence-corrected chi connectivity index (χ1v) is 5.97. The van der Waals surface area contributed by atoms with Crippen molar-refractivity contribution in [2.24, 2.45) is 0 Å². The predicted molar refractivity (Wildman–Crippen MR) is 62.8 cm³/mol. The summed E-state index contributed by atoms with van der Waals surface area (Å²) in [6.07, 6.45) is 1.38. The monoisotopic (exact) mass is 246 g/mol. The molecule has 0 aromatic heterocycles. The van der Waals surface area contributed by atoms with Gasteiger partial charge in [-0.15, -0.1) is 0 Å². The first-order valence-electron chi connectivity index (χ1n) is 5.97. The molecule has 0 unspecified atom stereocenters. The van der Waals surface area contributed by atoms with E-state index in [2.05, 4.69) is 0 Å². The third-order valence-corrected chi connectivity index (χ3v) is 1.87. The highest BCUT2D eigenvalue weighted by Gasteiger charge is 2.05. The molecule has 17 heavy (non-hydrogen) atoms. The van der Waals surface area contributed by atoms with E-state index in [-0.39, 0.29) is 12.2 Å². The zero-order valence-electron chi connectivity index (χ0n) is 10.7. The van der Waals surface area contributed by atoms with E-state index in [9.17, 15) is 9.59 Å². The lowest BCUT2D eigenvalue weighted by Crippen LogP contribution is -2.11. The fourth-order valence-corrected chi connectivity index (χ4v) is 1.11. The molecule has 0 N–H and O–H groups in total. The van der Waals surface area contributed by atoms with E-state index in [1.54, 1.807) is 0 Å². The van der Waals surface area contributed by atoms with Crippen molar-refractivity contribution in [3.05, 3.63) is 0 Å². The van der Waals surface area contributed by atoms with E-state index < -0.39 is 5.97 Å². The summed E-state index contributed by atoms with van der Waals surface area (Å²) in [5.41, 5.74) is 0. The summed E-state index contributed by atoms with van der Waals surface area (Å²) in [7, 11) is 0. The Hall–Kier alpha value is -0.940. The zero-order chi connectivity index (χ0) is 12.9. The van der Waals surface area contributed by atoms with Gasteiger partial charge in [0.2, 0.25) is 0 Å². The maximum atomic E-state index is 11.0. The van der Waals surface area contributed by atoms with Crippen LogP contribution in [-0.4, -0.2) is 44.8 Å². The average Bonchev–Trinajstić information content (AvgIpc) is 2.26. The Morgan fingerprint density at radius 2 is 1.53 bits per heavy atom. The van der Waals surface area contributed by atoms with Gasteiger partial charge in [-0.3, -0.25) is 9.59 Å². The zero-order valence-corrected chi connectivity index (χ0v) is 10.7. The molecule has 0 spiro atoms. The second-order valence-corrected chi connectivity index (χ2v) is 3.62. The van der Waals surface area contributed by atoms with Crippen LogP contribution in [0.5, 0.6) is 0 Å². The number of ketones is 1. The Labute approximate surface area is 102 Å². The van der Waals surface area contributed by atoms with Crippen molar-refractivity contribution in [1.29, 1.82) is 0 Å². The maximum Gasteiger partial charge on any atom is 0.313 e. The lowest BCUT2D eigenvalue weighted by atomic mass is 10.3. The Morgan fingerprint density at radius 1 is 0.941 bits per heavy atom. The number of carbonyl (C=O) groups is 2. The van der Waals surface area contributed by atoms with E-state index in [0.29, 0.717) is 32.8 Å². The SMILES string of the molecule is CCOCCCOCCCOC(=O)CC(C)=O. The van der Waals surface area contributed by atoms with Gasteiger partial charge in [0.25, 0.3) is 0 Å². The van der Waals surface area contributed by atoms with Crippen molar-refractivity contribution in [2.75, 3.05) is 33.0 Å². The summed E-state index contributed by atoms with van der Waals surface area (Å²) in [6.45, 7) is 6.27. The molecule has 0 atom stereocenters. The van der Waals surface area contributed by atoms with Gasteiger partial charge >= 0.3 is 5.97 Å². The van der Waals surface area contributed by atoms with Crippen molar-refractivity contribution >= 4 is 11.8 Å². The lowest BCUT2D eigenvalue weighted by Gasteiger charge is -2.05. The van der Waals surface area contributed by atoms with Gasteiger partial charge in [0.05, 0.1) is 6.61 Å². The summed E-state index contributed by atoms with van der Waals surface area (Å²) in [5.74, 6) is -0.643. The van der Waals surface area contributed by atoms with E-state index in [1.165, 1.54) is 6.92 Å². The molecule has 0 aromatic carbocycles. The molecule has 0 amide bonds. The molecule has 0 aromatic rings. The lowest BCUT2D eigenvalue weighted by molar-refractivity contribution is -0.146. The fourth-order valence-electron chi connectivity index (χ4n) is 1.11. The summed E-state index contributed by atoms with van der Waals surface area (Å²) < 4.78 is 15.3. The van der Waals surface area contributed by atoms with Gasteiger partial charge in [0, 0.05) is 32.8 Å². The van der Waals surface area contributed by atoms with Crippen LogP contribution in [0.1, 0.15) is 33.1 Å². The van der Waals surface area contributed by atoms with Crippen molar-refractivity contribution in [3.8, 4) is 0 Å². The first-order chi connectivity index (χ1) is 8.16. The number of hydrogen-bond donors (Lipinski definition) is 0. The van der Waals surface area contributed by atoms with Crippen LogP contribution < -0.4 is 0 Å². The number of carbonyl (C=O) groups excluding carboxylic acids is 2. The van der Waals surface area contributed by atoms with Crippen molar-refractivity contribution in [3.63, 3.8) is 0 Å². The van der Waals surface area contributed by atoms with Crippen LogP contribution in [0.2, 0.25) is 0 Å². The minimum absolute atomic E-state index is 0.144. The molecule has 100 valence electrons. The number of rotatable bonds is 11. The van der Waals surface area contributed by atoms with Gasteiger partial charge in [-0.05, 0) is 20.3 Å². The number of hydrogen-bond acceptors (Lipinski definition) is 5. The molecular weight excluding hydrogens is 224 g/mol. The molecule has 0 fully saturated rings. The van der Waals surface area contributed by atoms with Crippen LogP contribution in [0, 0.1) is 0 Å². The molecule has 5 nitrogen and oxygen atoms in total. The quantitative estimate of drug-likeness (QED) is 0.313. The van der Waals surface area contributed by atoms with Crippen LogP contribution >= 0.6 is 0 Å². The first kappa shape index (κ1) is 16.1. The van der Waals surface area contributed by atoms with Gasteiger partial charge in [-0.25, -0.2) is 0 Å². The fraction of sp³-hybridized carbons (Fsp3) is 0.833. The standard InChI is InChI=1S/C12H22O5/c1-3-15-6-4-7-16-8-5-9-17-12(14)10-11(2)13/h3-10H2,1-2H3. The van der Waals surface area contributed by atoms with Crippen LogP contribution in [0.15, 0.2) is 0 Å². The van der Waals surface area contributed by atoms with Gasteiger partial charge in [-0.1, -0.05) is 0 Å². The minimum Gasteiger partial charge on any atom is -0.465 e. The molecule has 0 saturated carbocycles. The van der Waals surface area contributed by atoms with Crippen LogP contribution in [0.25, 0.3) is 0 Å². The van der Waals surface area contributed by atoms with E-state index in [1.807, 2.05) is 6.92 Å². The molecular formula is C12H22O5. The molecule has 0 aliphatic rings. The second-order valence-electron chi connectivity index (χ2n) is 3.62. The van der Waals surface area contributed by atoms with E-state index >= 15 is 0 Å². The highest BCUT2D eigenvalue weighted by atomic mass is 16.5. The summed E-state index contributed by atoms with van der Waals surface area (Å²) >= 11 is 0. The Balaban J connectivity index is 3.13. The molecule has 0 rings (SSSR count). The van der Waals surface area contributed by atoms with Crippen LogP contribution in [0.4, 0.5) is 0 Å². The van der Waals surface area contributed by atoms with Gasteiger partial charge in [0.1, 0.15) is 12.2 Å². The topological polar surface area (TPSA) is 61.8 Å². The normalized spacial score (nSPS) is 10.2. The second kappa shape index (κ2) is 11.5. The number of esters is 1. The molecule has 0 radical (unpaired) electrons. The smallest absolute Gasteiger partial charge is 0.313 e. The summed E-state index contributed by atoms with van der Waals surface area (Å²) in [4.78, 5) is 21.5. The summed E-state index contributed by atoms with van der Waals surface area (Å²) in [6, 6.07) is 0. The largest absolute Gasteiger partial charge is 0.465 e.